The maximum absolute atomic E-state index is 5.77. The van der Waals surface area contributed by atoms with Gasteiger partial charge in [0.1, 0.15) is 0 Å². The third-order valence-electron chi connectivity index (χ3n) is 1.90. The number of likely N-dealkylation sites (N-methyl/N-ethyl adjacent to an activating group) is 1. The third-order valence-corrected chi connectivity index (χ3v) is 2.15. The van der Waals surface area contributed by atoms with Crippen molar-refractivity contribution in [3.8, 4) is 0 Å². The monoisotopic (exact) mass is 195 g/mol. The second kappa shape index (κ2) is 5.05. The van der Waals surface area contributed by atoms with Crippen molar-refractivity contribution in [3.63, 3.8) is 0 Å². The lowest BCUT2D eigenvalue weighted by molar-refractivity contribution is 0.731. The molecular weight excluding hydrogens is 182 g/mol. The van der Waals surface area contributed by atoms with Crippen LogP contribution in [0.2, 0.25) is 5.02 Å². The number of hydrogen-bond acceptors (Lipinski definition) is 1. The van der Waals surface area contributed by atoms with Crippen LogP contribution < -0.4 is 5.32 Å². The molecule has 1 atom stereocenters. The Hall–Kier alpha value is -0.790. The van der Waals surface area contributed by atoms with Gasteiger partial charge in [-0.25, -0.2) is 0 Å². The van der Waals surface area contributed by atoms with E-state index in [9.17, 15) is 0 Å². The van der Waals surface area contributed by atoms with Crippen LogP contribution in [0.25, 0.3) is 6.08 Å². The standard InChI is InChI=1S/C11H14ClN/c1-9(13-2)3-4-10-5-7-11(12)8-6-10/h3-9,13H,1-2H3/b4-3+/t9-/m0/s1. The molecule has 0 spiro atoms. The van der Waals surface area contributed by atoms with Crippen molar-refractivity contribution >= 4 is 17.7 Å². The molecule has 0 radical (unpaired) electrons. The molecule has 1 rings (SSSR count). The van der Waals surface area contributed by atoms with Crippen LogP contribution in [0, 0.1) is 0 Å². The Kier molecular flexibility index (Phi) is 4.00. The molecule has 0 aliphatic heterocycles. The SMILES string of the molecule is CN[C@@H](C)/C=C/c1ccc(Cl)cc1. The number of rotatable bonds is 3. The van der Waals surface area contributed by atoms with Crippen LogP contribution in [0.4, 0.5) is 0 Å². The minimum atomic E-state index is 0.399. The zero-order valence-corrected chi connectivity index (χ0v) is 8.68. The van der Waals surface area contributed by atoms with Crippen LogP contribution in [0.3, 0.4) is 0 Å². The van der Waals surface area contributed by atoms with E-state index < -0.39 is 0 Å². The van der Waals surface area contributed by atoms with Gasteiger partial charge in [-0.05, 0) is 31.7 Å². The first-order valence-corrected chi connectivity index (χ1v) is 4.71. The quantitative estimate of drug-likeness (QED) is 0.782. The van der Waals surface area contributed by atoms with Crippen LogP contribution in [-0.2, 0) is 0 Å². The van der Waals surface area contributed by atoms with Crippen LogP contribution >= 0.6 is 11.6 Å². The fourth-order valence-electron chi connectivity index (χ4n) is 0.926. The van der Waals surface area contributed by atoms with Crippen molar-refractivity contribution < 1.29 is 0 Å². The van der Waals surface area contributed by atoms with Gasteiger partial charge in [-0.1, -0.05) is 35.9 Å². The molecule has 1 nitrogen and oxygen atoms in total. The van der Waals surface area contributed by atoms with Gasteiger partial charge in [0, 0.05) is 11.1 Å². The van der Waals surface area contributed by atoms with Gasteiger partial charge >= 0.3 is 0 Å². The zero-order valence-electron chi connectivity index (χ0n) is 7.92. The fourth-order valence-corrected chi connectivity index (χ4v) is 1.05. The van der Waals surface area contributed by atoms with Crippen molar-refractivity contribution in [2.24, 2.45) is 0 Å². The Morgan fingerprint density at radius 2 is 1.92 bits per heavy atom. The average Bonchev–Trinajstić information content (AvgIpc) is 2.16. The van der Waals surface area contributed by atoms with Crippen molar-refractivity contribution in [1.82, 2.24) is 5.32 Å². The predicted octanol–water partition coefficient (Wildman–Crippen LogP) is 2.96. The molecular formula is C11H14ClN. The summed E-state index contributed by atoms with van der Waals surface area (Å²) in [6.07, 6.45) is 4.20. The molecule has 0 aliphatic carbocycles. The van der Waals surface area contributed by atoms with Crippen LogP contribution in [0.1, 0.15) is 12.5 Å². The Labute approximate surface area is 84.4 Å². The van der Waals surface area contributed by atoms with Gasteiger partial charge in [-0.2, -0.15) is 0 Å². The molecule has 0 fully saturated rings. The average molecular weight is 196 g/mol. The predicted molar refractivity (Wildman–Crippen MR) is 59.0 cm³/mol. The van der Waals surface area contributed by atoms with Crippen molar-refractivity contribution in [3.05, 3.63) is 40.9 Å². The Bertz CT molecular complexity index is 277. The molecule has 1 aromatic rings. The molecule has 0 bridgehead atoms. The molecule has 1 aromatic carbocycles. The maximum atomic E-state index is 5.77. The van der Waals surface area contributed by atoms with E-state index in [2.05, 4.69) is 24.4 Å². The topological polar surface area (TPSA) is 12.0 Å². The molecule has 0 aliphatic rings. The Balaban J connectivity index is 2.64. The van der Waals surface area contributed by atoms with E-state index in [1.54, 1.807) is 0 Å². The molecule has 0 amide bonds. The summed E-state index contributed by atoms with van der Waals surface area (Å²) in [5, 5.41) is 3.91. The lowest BCUT2D eigenvalue weighted by Gasteiger charge is -2.01. The second-order valence-electron chi connectivity index (χ2n) is 2.99. The summed E-state index contributed by atoms with van der Waals surface area (Å²) in [5.41, 5.74) is 1.17. The minimum absolute atomic E-state index is 0.399. The van der Waals surface area contributed by atoms with Gasteiger partial charge in [0.2, 0.25) is 0 Å². The third kappa shape index (κ3) is 3.62. The van der Waals surface area contributed by atoms with Gasteiger partial charge in [0.05, 0.1) is 0 Å². The van der Waals surface area contributed by atoms with Crippen LogP contribution in [0.15, 0.2) is 30.3 Å². The number of benzene rings is 1. The van der Waals surface area contributed by atoms with Gasteiger partial charge < -0.3 is 5.32 Å². The molecule has 2 heteroatoms. The van der Waals surface area contributed by atoms with E-state index in [1.165, 1.54) is 5.56 Å². The normalized spacial score (nSPS) is 13.5. The second-order valence-corrected chi connectivity index (χ2v) is 3.42. The van der Waals surface area contributed by atoms with Crippen molar-refractivity contribution in [1.29, 1.82) is 0 Å². The van der Waals surface area contributed by atoms with Gasteiger partial charge in [-0.3, -0.25) is 0 Å². The van der Waals surface area contributed by atoms with Crippen LogP contribution in [0.5, 0.6) is 0 Å². The van der Waals surface area contributed by atoms with Crippen molar-refractivity contribution in [2.75, 3.05) is 7.05 Å². The van der Waals surface area contributed by atoms with E-state index in [4.69, 9.17) is 11.6 Å². The number of hydrogen-bond donors (Lipinski definition) is 1. The first-order chi connectivity index (χ1) is 6.22. The highest BCUT2D eigenvalue weighted by Gasteiger charge is 1.90. The Morgan fingerprint density at radius 3 is 2.46 bits per heavy atom. The first kappa shape index (κ1) is 10.3. The molecule has 1 N–H and O–H groups in total. The largest absolute Gasteiger partial charge is 0.314 e. The highest BCUT2D eigenvalue weighted by Crippen LogP contribution is 2.10. The highest BCUT2D eigenvalue weighted by molar-refractivity contribution is 6.30. The molecule has 70 valence electrons. The lowest BCUT2D eigenvalue weighted by Crippen LogP contribution is -2.17. The summed E-state index contributed by atoms with van der Waals surface area (Å²) in [4.78, 5) is 0. The summed E-state index contributed by atoms with van der Waals surface area (Å²) < 4.78 is 0. The number of halogens is 1. The maximum Gasteiger partial charge on any atom is 0.0406 e. The summed E-state index contributed by atoms with van der Waals surface area (Å²) >= 11 is 5.77. The molecule has 0 heterocycles. The number of nitrogens with one attached hydrogen (secondary N) is 1. The van der Waals surface area contributed by atoms with E-state index in [1.807, 2.05) is 31.3 Å². The van der Waals surface area contributed by atoms with E-state index in [0.29, 0.717) is 6.04 Å². The summed E-state index contributed by atoms with van der Waals surface area (Å²) in [5.74, 6) is 0. The highest BCUT2D eigenvalue weighted by atomic mass is 35.5. The van der Waals surface area contributed by atoms with Gasteiger partial charge in [0.15, 0.2) is 0 Å². The van der Waals surface area contributed by atoms with Gasteiger partial charge in [0.25, 0.3) is 0 Å². The molecule has 0 aromatic heterocycles. The molecule has 0 saturated carbocycles. The smallest absolute Gasteiger partial charge is 0.0406 e. The molecule has 0 unspecified atom stereocenters. The summed E-state index contributed by atoms with van der Waals surface area (Å²) in [6, 6.07) is 8.19. The summed E-state index contributed by atoms with van der Waals surface area (Å²) in [6.45, 7) is 2.10. The van der Waals surface area contributed by atoms with E-state index >= 15 is 0 Å². The first-order valence-electron chi connectivity index (χ1n) is 4.33. The zero-order chi connectivity index (χ0) is 9.68. The molecule has 0 saturated heterocycles. The molecule has 13 heavy (non-hydrogen) atoms. The van der Waals surface area contributed by atoms with Crippen molar-refractivity contribution in [2.45, 2.75) is 13.0 Å². The Morgan fingerprint density at radius 1 is 1.31 bits per heavy atom. The summed E-state index contributed by atoms with van der Waals surface area (Å²) in [7, 11) is 1.94. The lowest BCUT2D eigenvalue weighted by atomic mass is 10.2. The van der Waals surface area contributed by atoms with Gasteiger partial charge in [-0.15, -0.1) is 0 Å². The minimum Gasteiger partial charge on any atom is -0.314 e. The fraction of sp³-hybridized carbons (Fsp3) is 0.273. The van der Waals surface area contributed by atoms with E-state index in [-0.39, 0.29) is 0 Å². The van der Waals surface area contributed by atoms with E-state index in [0.717, 1.165) is 5.02 Å². The van der Waals surface area contributed by atoms with Crippen LogP contribution in [-0.4, -0.2) is 13.1 Å².